The molecule has 0 bridgehead atoms. The van der Waals surface area contributed by atoms with Gasteiger partial charge in [0.25, 0.3) is 0 Å². The molecule has 0 spiro atoms. The van der Waals surface area contributed by atoms with E-state index in [2.05, 4.69) is 36.0 Å². The fourth-order valence-corrected chi connectivity index (χ4v) is 3.23. The first-order valence-electron chi connectivity index (χ1n) is 7.32. The normalized spacial score (nSPS) is 37.2. The molecule has 3 unspecified atom stereocenters. The van der Waals surface area contributed by atoms with Gasteiger partial charge in [-0.25, -0.2) is 0 Å². The van der Waals surface area contributed by atoms with Crippen LogP contribution in [0.4, 0.5) is 0 Å². The molecule has 2 saturated heterocycles. The van der Waals surface area contributed by atoms with E-state index in [1.165, 1.54) is 52.0 Å². The summed E-state index contributed by atoms with van der Waals surface area (Å²) in [5.74, 6) is 0.925. The number of hydrogen-bond acceptors (Lipinski definition) is 3. The Balaban J connectivity index is 1.71. The minimum Gasteiger partial charge on any atom is -0.316 e. The lowest BCUT2D eigenvalue weighted by molar-refractivity contribution is 0.0560. The molecular weight excluding hydrogens is 210 g/mol. The Morgan fingerprint density at radius 3 is 2.47 bits per heavy atom. The van der Waals surface area contributed by atoms with E-state index in [4.69, 9.17) is 0 Å². The lowest BCUT2D eigenvalue weighted by atomic mass is 9.95. The SMILES string of the molecule is CC1CN(CCC2CCCNC2)CC(C)N1C. The minimum absolute atomic E-state index is 0.711. The average Bonchev–Trinajstić information content (AvgIpc) is 2.34. The summed E-state index contributed by atoms with van der Waals surface area (Å²) in [5, 5.41) is 3.52. The predicted molar refractivity (Wildman–Crippen MR) is 73.3 cm³/mol. The van der Waals surface area contributed by atoms with Crippen LogP contribution in [0.2, 0.25) is 0 Å². The van der Waals surface area contributed by atoms with Gasteiger partial charge in [-0.1, -0.05) is 0 Å². The summed E-state index contributed by atoms with van der Waals surface area (Å²) in [5.41, 5.74) is 0. The zero-order valence-corrected chi connectivity index (χ0v) is 11.8. The monoisotopic (exact) mass is 239 g/mol. The first-order chi connectivity index (χ1) is 8.16. The van der Waals surface area contributed by atoms with Gasteiger partial charge in [-0.3, -0.25) is 4.90 Å². The van der Waals surface area contributed by atoms with Gasteiger partial charge in [-0.2, -0.15) is 0 Å². The molecule has 1 N–H and O–H groups in total. The number of likely N-dealkylation sites (N-methyl/N-ethyl adjacent to an activating group) is 1. The highest BCUT2D eigenvalue weighted by Crippen LogP contribution is 2.18. The zero-order valence-electron chi connectivity index (χ0n) is 11.8. The highest BCUT2D eigenvalue weighted by molar-refractivity contribution is 4.83. The lowest BCUT2D eigenvalue weighted by Gasteiger charge is -2.43. The number of piperidine rings is 1. The molecule has 3 nitrogen and oxygen atoms in total. The van der Waals surface area contributed by atoms with Gasteiger partial charge in [0.05, 0.1) is 0 Å². The first kappa shape index (κ1) is 13.3. The van der Waals surface area contributed by atoms with Gasteiger partial charge >= 0.3 is 0 Å². The molecule has 0 radical (unpaired) electrons. The molecule has 0 aliphatic carbocycles. The second-order valence-corrected chi connectivity index (χ2v) is 6.12. The highest BCUT2D eigenvalue weighted by atomic mass is 15.3. The fraction of sp³-hybridized carbons (Fsp3) is 1.00. The number of nitrogens with zero attached hydrogens (tertiary/aromatic N) is 2. The fourth-order valence-electron chi connectivity index (χ4n) is 3.23. The van der Waals surface area contributed by atoms with Crippen LogP contribution in [-0.4, -0.2) is 61.7 Å². The number of piperazine rings is 1. The van der Waals surface area contributed by atoms with Crippen molar-refractivity contribution >= 4 is 0 Å². The van der Waals surface area contributed by atoms with E-state index in [0.29, 0.717) is 12.1 Å². The molecule has 3 heteroatoms. The molecule has 0 amide bonds. The van der Waals surface area contributed by atoms with Gasteiger partial charge in [-0.15, -0.1) is 0 Å². The summed E-state index contributed by atoms with van der Waals surface area (Å²) in [6.45, 7) is 11.0. The van der Waals surface area contributed by atoms with E-state index in [-0.39, 0.29) is 0 Å². The van der Waals surface area contributed by atoms with Gasteiger partial charge in [0, 0.05) is 25.2 Å². The van der Waals surface area contributed by atoms with Crippen molar-refractivity contribution in [3.8, 4) is 0 Å². The lowest BCUT2D eigenvalue weighted by Crippen LogP contribution is -2.55. The van der Waals surface area contributed by atoms with Crippen molar-refractivity contribution in [2.45, 2.75) is 45.2 Å². The van der Waals surface area contributed by atoms with Gasteiger partial charge in [0.1, 0.15) is 0 Å². The van der Waals surface area contributed by atoms with Gasteiger partial charge < -0.3 is 10.2 Å². The topological polar surface area (TPSA) is 18.5 Å². The van der Waals surface area contributed by atoms with E-state index in [9.17, 15) is 0 Å². The third-order valence-corrected chi connectivity index (χ3v) is 4.69. The van der Waals surface area contributed by atoms with Crippen LogP contribution in [0.15, 0.2) is 0 Å². The van der Waals surface area contributed by atoms with Crippen LogP contribution in [0.1, 0.15) is 33.1 Å². The average molecular weight is 239 g/mol. The zero-order chi connectivity index (χ0) is 12.3. The maximum Gasteiger partial charge on any atom is 0.0195 e. The van der Waals surface area contributed by atoms with Crippen LogP contribution in [-0.2, 0) is 0 Å². The van der Waals surface area contributed by atoms with Crippen molar-refractivity contribution in [1.82, 2.24) is 15.1 Å². The van der Waals surface area contributed by atoms with Crippen molar-refractivity contribution in [2.75, 3.05) is 39.8 Å². The smallest absolute Gasteiger partial charge is 0.0195 e. The Morgan fingerprint density at radius 1 is 1.18 bits per heavy atom. The van der Waals surface area contributed by atoms with Crippen molar-refractivity contribution in [1.29, 1.82) is 0 Å². The third kappa shape index (κ3) is 3.67. The molecule has 2 heterocycles. The summed E-state index contributed by atoms with van der Waals surface area (Å²) in [6, 6.07) is 1.42. The van der Waals surface area contributed by atoms with Crippen molar-refractivity contribution in [3.05, 3.63) is 0 Å². The quantitative estimate of drug-likeness (QED) is 0.803. The van der Waals surface area contributed by atoms with Crippen LogP contribution in [0.3, 0.4) is 0 Å². The summed E-state index contributed by atoms with van der Waals surface area (Å²) in [7, 11) is 2.26. The maximum absolute atomic E-state index is 3.52. The van der Waals surface area contributed by atoms with E-state index < -0.39 is 0 Å². The van der Waals surface area contributed by atoms with Crippen LogP contribution in [0.25, 0.3) is 0 Å². The molecule has 2 rings (SSSR count). The second kappa shape index (κ2) is 6.17. The van der Waals surface area contributed by atoms with Gasteiger partial charge in [-0.05, 0) is 65.7 Å². The molecule has 0 aromatic rings. The summed E-state index contributed by atoms with van der Waals surface area (Å²) >= 11 is 0. The van der Waals surface area contributed by atoms with Crippen molar-refractivity contribution in [2.24, 2.45) is 5.92 Å². The molecule has 17 heavy (non-hydrogen) atoms. The molecular formula is C14H29N3. The number of hydrogen-bond donors (Lipinski definition) is 1. The molecule has 2 aliphatic rings. The maximum atomic E-state index is 3.52. The number of nitrogens with one attached hydrogen (secondary N) is 1. The Labute approximate surface area is 107 Å². The van der Waals surface area contributed by atoms with Crippen LogP contribution < -0.4 is 5.32 Å². The molecule has 0 aromatic heterocycles. The minimum atomic E-state index is 0.711. The Morgan fingerprint density at radius 2 is 1.88 bits per heavy atom. The molecule has 2 aliphatic heterocycles. The summed E-state index contributed by atoms with van der Waals surface area (Å²) in [4.78, 5) is 5.18. The second-order valence-electron chi connectivity index (χ2n) is 6.12. The summed E-state index contributed by atoms with van der Waals surface area (Å²) < 4.78 is 0. The van der Waals surface area contributed by atoms with Gasteiger partial charge in [0.2, 0.25) is 0 Å². The summed E-state index contributed by atoms with van der Waals surface area (Å²) in [6.07, 6.45) is 4.20. The number of rotatable bonds is 3. The van der Waals surface area contributed by atoms with E-state index in [0.717, 1.165) is 5.92 Å². The van der Waals surface area contributed by atoms with Crippen LogP contribution >= 0.6 is 0 Å². The first-order valence-corrected chi connectivity index (χ1v) is 7.32. The largest absolute Gasteiger partial charge is 0.316 e. The van der Waals surface area contributed by atoms with Crippen LogP contribution in [0.5, 0.6) is 0 Å². The molecule has 0 aromatic carbocycles. The Hall–Kier alpha value is -0.120. The van der Waals surface area contributed by atoms with Crippen LogP contribution in [0, 0.1) is 5.92 Å². The Bertz CT molecular complexity index is 214. The molecule has 2 fully saturated rings. The highest BCUT2D eigenvalue weighted by Gasteiger charge is 2.26. The van der Waals surface area contributed by atoms with Crippen molar-refractivity contribution < 1.29 is 0 Å². The Kier molecular flexibility index (Phi) is 4.83. The predicted octanol–water partition coefficient (Wildman–Crippen LogP) is 1.40. The van der Waals surface area contributed by atoms with E-state index >= 15 is 0 Å². The van der Waals surface area contributed by atoms with Crippen molar-refractivity contribution in [3.63, 3.8) is 0 Å². The third-order valence-electron chi connectivity index (χ3n) is 4.69. The standard InChI is InChI=1S/C14H29N3/c1-12-10-17(11-13(2)16(12)3)8-6-14-5-4-7-15-9-14/h12-15H,4-11H2,1-3H3. The van der Waals surface area contributed by atoms with E-state index in [1.54, 1.807) is 0 Å². The molecule has 3 atom stereocenters. The molecule has 0 saturated carbocycles. The molecule has 100 valence electrons. The van der Waals surface area contributed by atoms with Gasteiger partial charge in [0.15, 0.2) is 0 Å². The van der Waals surface area contributed by atoms with E-state index in [1.807, 2.05) is 0 Å².